The number of carbonyl (C=O) groups excluding carboxylic acids is 3. The summed E-state index contributed by atoms with van der Waals surface area (Å²) in [6.07, 6.45) is 5.32. The lowest BCUT2D eigenvalue weighted by Gasteiger charge is -2.34. The Labute approximate surface area is 378 Å². The van der Waals surface area contributed by atoms with E-state index < -0.39 is 30.6 Å². The minimum absolute atomic E-state index is 0.00718. The molecule has 6 atom stereocenters. The van der Waals surface area contributed by atoms with E-state index in [1.54, 1.807) is 42.5 Å². The molecule has 4 aliphatic rings. The largest absolute Gasteiger partial charge is 0.488 e. The van der Waals surface area contributed by atoms with Gasteiger partial charge >= 0.3 is 0 Å². The van der Waals surface area contributed by atoms with Crippen molar-refractivity contribution in [1.82, 2.24) is 30.4 Å². The first-order chi connectivity index (χ1) is 31.5. The predicted octanol–water partition coefficient (Wildman–Crippen LogP) is 6.65. The molecule has 2 saturated heterocycles. The zero-order valence-electron chi connectivity index (χ0n) is 37.3. The van der Waals surface area contributed by atoms with Crippen LogP contribution in [0.3, 0.4) is 0 Å². The van der Waals surface area contributed by atoms with Crippen LogP contribution < -0.4 is 15.4 Å². The second kappa shape index (κ2) is 18.2. The van der Waals surface area contributed by atoms with Crippen molar-refractivity contribution in [1.29, 1.82) is 0 Å². The van der Waals surface area contributed by atoms with Gasteiger partial charge in [0.15, 0.2) is 5.88 Å². The first-order valence-corrected chi connectivity index (χ1v) is 22.6. The Morgan fingerprint density at radius 3 is 2.55 bits per heavy atom. The van der Waals surface area contributed by atoms with Gasteiger partial charge in [0, 0.05) is 36.9 Å². The lowest BCUT2D eigenvalue weighted by atomic mass is 9.90. The first-order valence-electron chi connectivity index (χ1n) is 22.6. The normalized spacial score (nSPS) is 20.7. The maximum absolute atomic E-state index is 14.3. The lowest BCUT2D eigenvalue weighted by Crippen LogP contribution is -2.54. The second-order valence-electron chi connectivity index (χ2n) is 18.1. The number of aromatic amines is 1. The highest BCUT2D eigenvalue weighted by atomic mass is 16.5. The van der Waals surface area contributed by atoms with E-state index in [2.05, 4.69) is 71.6 Å². The third-order valence-electron chi connectivity index (χ3n) is 13.7. The molecule has 4 aliphatic heterocycles. The van der Waals surface area contributed by atoms with Gasteiger partial charge in [-0.05, 0) is 114 Å². The van der Waals surface area contributed by atoms with Gasteiger partial charge in [-0.1, -0.05) is 62.4 Å². The van der Waals surface area contributed by atoms with Crippen LogP contribution in [0.5, 0.6) is 5.75 Å². The molecule has 0 saturated carbocycles. The Morgan fingerprint density at radius 2 is 1.80 bits per heavy atom. The Morgan fingerprint density at radius 1 is 0.985 bits per heavy atom. The number of aromatic nitrogens is 2. The van der Waals surface area contributed by atoms with Crippen molar-refractivity contribution in [3.63, 3.8) is 0 Å². The highest BCUT2D eigenvalue weighted by Gasteiger charge is 2.43. The molecule has 1 aromatic heterocycles. The van der Waals surface area contributed by atoms with Gasteiger partial charge < -0.3 is 45.1 Å². The van der Waals surface area contributed by atoms with Gasteiger partial charge in [0.1, 0.15) is 36.9 Å². The summed E-state index contributed by atoms with van der Waals surface area (Å²) in [6, 6.07) is 22.0. The molecule has 5 N–H and O–H groups in total. The Bertz CT molecular complexity index is 2680. The molecule has 338 valence electrons. The molecule has 0 radical (unpaired) electrons. The van der Waals surface area contributed by atoms with Gasteiger partial charge in [-0.25, -0.2) is 4.98 Å². The molecule has 14 heteroatoms. The average molecular weight is 880 g/mol. The third-order valence-corrected chi connectivity index (χ3v) is 13.7. The van der Waals surface area contributed by atoms with Crippen molar-refractivity contribution in [3.8, 4) is 28.1 Å². The molecule has 14 nitrogen and oxygen atoms in total. The standard InChI is InChI=1S/C51H57N7O7/c1-28(2)47(53-30(4)64-5)51(63)58-29(3)11-16-43(58)41-22-38-37-23-45-39(21-33(37)13-15-40(38)54-41)36-14-12-34(20-35(36)27-65-45)42-24-52-49(55-42)44-19-31(17-18-59)25-57(44)50(62)48(56-46(61)26-60)32-9-7-6-8-10-32/h6-10,12-15,20-21,23-24,28-29,31,43-44,47-48,53,59-60H,4,11,16-19,22,25-27H2,1-3,5H3,(H,52,55)(H,56,61)/t29-,31-,43-,44-,47-,48+/m0/s1. The molecule has 9 rings (SSSR count). The van der Waals surface area contributed by atoms with E-state index in [9.17, 15) is 24.6 Å². The fraction of sp³-hybridized carbons (Fsp3) is 0.392. The number of hydrogen-bond acceptors (Lipinski definition) is 10. The SMILES string of the molecule is C=C(N[C@H](C(=O)N1[C@@H](C)CC[C@H]1C1=Nc2ccc3cc4c(cc3c2C1)OCc1cc(-c2cnc([C@@H]3C[C@H](CCO)CN3C(=O)[C@H](NC(=O)CO)c3ccccc3)[nH]2)ccc1-4)C(C)C)OC. The molecular formula is C51H57N7O7. The Hall–Kier alpha value is -6.51. The summed E-state index contributed by atoms with van der Waals surface area (Å²) in [5.74, 6) is 0.948. The molecule has 0 aliphatic carbocycles. The van der Waals surface area contributed by atoms with Gasteiger partial charge in [-0.2, -0.15) is 0 Å². The summed E-state index contributed by atoms with van der Waals surface area (Å²) in [6.45, 7) is 10.1. The van der Waals surface area contributed by atoms with Crippen LogP contribution >= 0.6 is 0 Å². The molecule has 3 amide bonds. The minimum Gasteiger partial charge on any atom is -0.488 e. The smallest absolute Gasteiger partial charge is 0.250 e. The number of H-pyrrole nitrogens is 1. The minimum atomic E-state index is -0.995. The van der Waals surface area contributed by atoms with E-state index in [-0.39, 0.29) is 42.3 Å². The fourth-order valence-corrected chi connectivity index (χ4v) is 10.3. The number of hydrogen-bond donors (Lipinski definition) is 5. The number of amides is 3. The number of benzene rings is 4. The summed E-state index contributed by atoms with van der Waals surface area (Å²) in [5, 5.41) is 27.4. The molecule has 5 aromatic rings. The molecule has 5 heterocycles. The van der Waals surface area contributed by atoms with Crippen LogP contribution in [-0.4, -0.2) is 98.4 Å². The highest BCUT2D eigenvalue weighted by molar-refractivity contribution is 6.06. The third kappa shape index (κ3) is 8.36. The van der Waals surface area contributed by atoms with Crippen molar-refractivity contribution in [2.75, 3.05) is 26.9 Å². The van der Waals surface area contributed by atoms with Gasteiger partial charge in [0.05, 0.1) is 36.8 Å². The molecule has 2 fully saturated rings. The van der Waals surface area contributed by atoms with E-state index >= 15 is 0 Å². The highest BCUT2D eigenvalue weighted by Crippen LogP contribution is 2.45. The number of ether oxygens (including phenoxy) is 2. The van der Waals surface area contributed by atoms with E-state index in [0.717, 1.165) is 74.3 Å². The molecule has 65 heavy (non-hydrogen) atoms. The number of rotatable bonds is 14. The monoisotopic (exact) mass is 879 g/mol. The van der Waals surface area contributed by atoms with Crippen LogP contribution in [0.25, 0.3) is 33.2 Å². The summed E-state index contributed by atoms with van der Waals surface area (Å²) in [4.78, 5) is 58.0. The quantitative estimate of drug-likeness (QED) is 0.0764. The zero-order chi connectivity index (χ0) is 45.5. The average Bonchev–Trinajstić information content (AvgIpc) is 4.15. The van der Waals surface area contributed by atoms with Crippen LogP contribution in [0.2, 0.25) is 0 Å². The van der Waals surface area contributed by atoms with Crippen LogP contribution in [0, 0.1) is 11.8 Å². The van der Waals surface area contributed by atoms with E-state index in [4.69, 9.17) is 19.5 Å². The number of nitrogens with zero attached hydrogens (tertiary/aromatic N) is 4. The number of imidazole rings is 1. The van der Waals surface area contributed by atoms with Gasteiger partial charge in [0.25, 0.3) is 0 Å². The van der Waals surface area contributed by atoms with Crippen molar-refractivity contribution in [3.05, 3.63) is 114 Å². The topological polar surface area (TPSA) is 182 Å². The summed E-state index contributed by atoms with van der Waals surface area (Å²) in [5.41, 5.74) is 8.54. The van der Waals surface area contributed by atoms with Crippen molar-refractivity contribution in [2.45, 2.75) is 89.7 Å². The number of aliphatic hydroxyl groups is 2. The van der Waals surface area contributed by atoms with Crippen LogP contribution in [0.15, 0.2) is 96.4 Å². The van der Waals surface area contributed by atoms with Crippen LogP contribution in [0.1, 0.15) is 81.1 Å². The number of aliphatic hydroxyl groups excluding tert-OH is 2. The summed E-state index contributed by atoms with van der Waals surface area (Å²) >= 11 is 0. The Kier molecular flexibility index (Phi) is 12.2. The molecule has 0 bridgehead atoms. The number of fused-ring (bicyclic) bond motifs is 6. The number of aliphatic imine (C=N–C) groups is 1. The summed E-state index contributed by atoms with van der Waals surface area (Å²) in [7, 11) is 1.55. The lowest BCUT2D eigenvalue weighted by molar-refractivity contribution is -0.138. The van der Waals surface area contributed by atoms with E-state index in [1.807, 2.05) is 24.8 Å². The van der Waals surface area contributed by atoms with Gasteiger partial charge in [-0.3, -0.25) is 19.4 Å². The number of carbonyl (C=O) groups is 3. The van der Waals surface area contributed by atoms with Gasteiger partial charge in [-0.15, -0.1) is 0 Å². The van der Waals surface area contributed by atoms with Crippen molar-refractivity contribution in [2.24, 2.45) is 16.8 Å². The first kappa shape index (κ1) is 43.7. The number of nitrogens with one attached hydrogen (secondary N) is 3. The molecule has 0 unspecified atom stereocenters. The fourth-order valence-electron chi connectivity index (χ4n) is 10.3. The number of likely N-dealkylation sites (tertiary alicyclic amines) is 2. The molecule has 0 spiro atoms. The van der Waals surface area contributed by atoms with Crippen LogP contribution in [-0.2, 0) is 32.1 Å². The van der Waals surface area contributed by atoms with E-state index in [1.165, 1.54) is 0 Å². The van der Waals surface area contributed by atoms with E-state index in [0.29, 0.717) is 49.7 Å². The predicted molar refractivity (Wildman–Crippen MR) is 248 cm³/mol. The maximum Gasteiger partial charge on any atom is 0.250 e. The maximum atomic E-state index is 14.3. The Balaban J connectivity index is 0.947. The van der Waals surface area contributed by atoms with Crippen LogP contribution in [0.4, 0.5) is 5.69 Å². The van der Waals surface area contributed by atoms with Crippen molar-refractivity contribution < 1.29 is 34.1 Å². The van der Waals surface area contributed by atoms with Crippen molar-refractivity contribution >= 4 is 39.9 Å². The second-order valence-corrected chi connectivity index (χ2v) is 18.1. The number of methoxy groups -OCH3 is 1. The molecule has 4 aromatic carbocycles. The van der Waals surface area contributed by atoms with Gasteiger partial charge in [0.2, 0.25) is 17.7 Å². The summed E-state index contributed by atoms with van der Waals surface area (Å²) < 4.78 is 11.8. The molecular weight excluding hydrogens is 823 g/mol. The zero-order valence-corrected chi connectivity index (χ0v) is 37.3.